The van der Waals surface area contributed by atoms with Gasteiger partial charge in [-0.2, -0.15) is 0 Å². The van der Waals surface area contributed by atoms with Crippen molar-refractivity contribution in [1.29, 1.82) is 0 Å². The molecule has 3 N–H and O–H groups in total. The van der Waals surface area contributed by atoms with Gasteiger partial charge in [-0.1, -0.05) is 35.5 Å². The van der Waals surface area contributed by atoms with Gasteiger partial charge in [0.2, 0.25) is 0 Å². The van der Waals surface area contributed by atoms with Crippen molar-refractivity contribution in [3.05, 3.63) is 65.9 Å². The highest BCUT2D eigenvalue weighted by Gasteiger charge is 2.13. The molecule has 0 aliphatic rings. The number of nitrogens with zero attached hydrogens (tertiary/aromatic N) is 3. The number of hydrogen-bond donors (Lipinski definition) is 2. The molecule has 3 rings (SSSR count). The summed E-state index contributed by atoms with van der Waals surface area (Å²) < 4.78 is 1.71. The number of nitrogens with two attached hydrogens (primary N) is 1. The molecular weight excluding hydrogens is 314 g/mol. The van der Waals surface area contributed by atoms with E-state index in [4.69, 9.17) is 5.73 Å². The number of carbonyl (C=O) groups is 1. The largest absolute Gasteiger partial charge is 0.326 e. The first-order chi connectivity index (χ1) is 12.0. The zero-order chi connectivity index (χ0) is 17.8. The van der Waals surface area contributed by atoms with Gasteiger partial charge < -0.3 is 11.1 Å². The number of hydrogen-bond acceptors (Lipinski definition) is 4. The lowest BCUT2D eigenvalue weighted by Crippen LogP contribution is -2.22. The summed E-state index contributed by atoms with van der Waals surface area (Å²) >= 11 is 0. The van der Waals surface area contributed by atoms with Crippen LogP contribution >= 0.6 is 0 Å². The predicted octanol–water partition coefficient (Wildman–Crippen LogP) is 2.85. The average Bonchev–Trinajstić information content (AvgIpc) is 3.03. The SMILES string of the molecule is Cc1ccc(-c2cn(C[C@H](C)N)nn2)cc1C(=O)Nc1ccccc1. The van der Waals surface area contributed by atoms with Crippen molar-refractivity contribution in [3.63, 3.8) is 0 Å². The van der Waals surface area contributed by atoms with E-state index in [1.807, 2.05) is 68.6 Å². The molecule has 6 heteroatoms. The summed E-state index contributed by atoms with van der Waals surface area (Å²) in [4.78, 5) is 12.6. The van der Waals surface area contributed by atoms with Crippen LogP contribution in [0.15, 0.2) is 54.7 Å². The molecule has 6 nitrogen and oxygen atoms in total. The number of anilines is 1. The topological polar surface area (TPSA) is 85.8 Å². The molecule has 0 radical (unpaired) electrons. The van der Waals surface area contributed by atoms with Crippen molar-refractivity contribution in [2.75, 3.05) is 5.32 Å². The van der Waals surface area contributed by atoms with E-state index in [0.717, 1.165) is 22.5 Å². The van der Waals surface area contributed by atoms with Gasteiger partial charge in [-0.15, -0.1) is 5.10 Å². The minimum Gasteiger partial charge on any atom is -0.326 e. The van der Waals surface area contributed by atoms with Crippen molar-refractivity contribution in [2.24, 2.45) is 5.73 Å². The molecule has 0 fully saturated rings. The number of amides is 1. The van der Waals surface area contributed by atoms with Crippen molar-refractivity contribution in [2.45, 2.75) is 26.4 Å². The molecule has 1 heterocycles. The van der Waals surface area contributed by atoms with Crippen molar-refractivity contribution in [1.82, 2.24) is 15.0 Å². The molecule has 1 amide bonds. The fourth-order valence-corrected chi connectivity index (χ4v) is 2.56. The molecule has 3 aromatic rings. The van der Waals surface area contributed by atoms with Gasteiger partial charge >= 0.3 is 0 Å². The molecule has 128 valence electrons. The van der Waals surface area contributed by atoms with Gasteiger partial charge in [-0.05, 0) is 37.6 Å². The molecule has 1 atom stereocenters. The van der Waals surface area contributed by atoms with Crippen LogP contribution in [-0.2, 0) is 6.54 Å². The van der Waals surface area contributed by atoms with Gasteiger partial charge in [0.1, 0.15) is 5.69 Å². The Hall–Kier alpha value is -2.99. The first-order valence-electron chi connectivity index (χ1n) is 8.16. The fourth-order valence-electron chi connectivity index (χ4n) is 2.56. The van der Waals surface area contributed by atoms with Crippen LogP contribution in [0.25, 0.3) is 11.3 Å². The highest BCUT2D eigenvalue weighted by molar-refractivity contribution is 6.05. The highest BCUT2D eigenvalue weighted by atomic mass is 16.1. The second-order valence-electron chi connectivity index (χ2n) is 6.15. The maximum atomic E-state index is 12.6. The molecule has 0 spiro atoms. The number of aryl methyl sites for hydroxylation is 1. The van der Waals surface area contributed by atoms with Gasteiger partial charge in [0, 0.05) is 22.9 Å². The Morgan fingerprint density at radius 3 is 2.72 bits per heavy atom. The third-order valence-electron chi connectivity index (χ3n) is 3.82. The number of aromatic nitrogens is 3. The number of nitrogens with one attached hydrogen (secondary N) is 1. The lowest BCUT2D eigenvalue weighted by molar-refractivity contribution is 0.102. The summed E-state index contributed by atoms with van der Waals surface area (Å²) in [7, 11) is 0. The maximum absolute atomic E-state index is 12.6. The van der Waals surface area contributed by atoms with Gasteiger partial charge in [0.15, 0.2) is 0 Å². The summed E-state index contributed by atoms with van der Waals surface area (Å²) in [5, 5.41) is 11.2. The number of para-hydroxylation sites is 1. The lowest BCUT2D eigenvalue weighted by Gasteiger charge is -2.09. The molecule has 0 saturated carbocycles. The normalized spacial score (nSPS) is 12.0. The predicted molar refractivity (Wildman–Crippen MR) is 98.2 cm³/mol. The Labute approximate surface area is 146 Å². The molecule has 25 heavy (non-hydrogen) atoms. The van der Waals surface area contributed by atoms with Crippen molar-refractivity contribution in [3.8, 4) is 11.3 Å². The van der Waals surface area contributed by atoms with Crippen LogP contribution in [0.4, 0.5) is 5.69 Å². The van der Waals surface area contributed by atoms with E-state index in [-0.39, 0.29) is 11.9 Å². The third kappa shape index (κ3) is 4.10. The molecule has 0 saturated heterocycles. The van der Waals surface area contributed by atoms with Crippen LogP contribution in [0.2, 0.25) is 0 Å². The summed E-state index contributed by atoms with van der Waals surface area (Å²) in [5.41, 5.74) is 9.63. The Morgan fingerprint density at radius 1 is 1.24 bits per heavy atom. The van der Waals surface area contributed by atoms with Crippen LogP contribution in [0.1, 0.15) is 22.8 Å². The summed E-state index contributed by atoms with van der Waals surface area (Å²) in [5.74, 6) is -0.145. The Balaban J connectivity index is 1.85. The molecule has 0 aliphatic heterocycles. The van der Waals surface area contributed by atoms with Crippen molar-refractivity contribution < 1.29 is 4.79 Å². The van der Waals surface area contributed by atoms with Gasteiger partial charge in [-0.3, -0.25) is 9.48 Å². The Kier molecular flexibility index (Phi) is 4.90. The molecule has 2 aromatic carbocycles. The van der Waals surface area contributed by atoms with E-state index >= 15 is 0 Å². The van der Waals surface area contributed by atoms with E-state index in [0.29, 0.717) is 12.1 Å². The van der Waals surface area contributed by atoms with Crippen molar-refractivity contribution >= 4 is 11.6 Å². The maximum Gasteiger partial charge on any atom is 0.255 e. The van der Waals surface area contributed by atoms with Crippen LogP contribution in [0, 0.1) is 6.92 Å². The first kappa shape index (κ1) is 16.9. The minimum atomic E-state index is -0.145. The minimum absolute atomic E-state index is 0.000205. The second kappa shape index (κ2) is 7.27. The van der Waals surface area contributed by atoms with E-state index in [1.54, 1.807) is 4.68 Å². The Bertz CT molecular complexity index is 871. The molecule has 0 bridgehead atoms. The fraction of sp³-hybridized carbons (Fsp3) is 0.211. The quantitative estimate of drug-likeness (QED) is 0.751. The average molecular weight is 335 g/mol. The van der Waals surface area contributed by atoms with E-state index in [1.165, 1.54) is 0 Å². The van der Waals surface area contributed by atoms with Crippen LogP contribution in [0.3, 0.4) is 0 Å². The molecule has 1 aromatic heterocycles. The van der Waals surface area contributed by atoms with Gasteiger partial charge in [-0.25, -0.2) is 0 Å². The third-order valence-corrected chi connectivity index (χ3v) is 3.82. The van der Waals surface area contributed by atoms with Gasteiger partial charge in [0.25, 0.3) is 5.91 Å². The molecule has 0 aliphatic carbocycles. The Morgan fingerprint density at radius 2 is 2.00 bits per heavy atom. The highest BCUT2D eigenvalue weighted by Crippen LogP contribution is 2.21. The van der Waals surface area contributed by atoms with E-state index < -0.39 is 0 Å². The summed E-state index contributed by atoms with van der Waals surface area (Å²) in [6, 6.07) is 15.1. The van der Waals surface area contributed by atoms with Crippen LogP contribution < -0.4 is 11.1 Å². The summed E-state index contributed by atoms with van der Waals surface area (Å²) in [6.45, 7) is 4.43. The summed E-state index contributed by atoms with van der Waals surface area (Å²) in [6.07, 6.45) is 1.84. The lowest BCUT2D eigenvalue weighted by atomic mass is 10.0. The van der Waals surface area contributed by atoms with E-state index in [2.05, 4.69) is 15.6 Å². The van der Waals surface area contributed by atoms with Crippen LogP contribution in [0.5, 0.6) is 0 Å². The zero-order valence-electron chi connectivity index (χ0n) is 14.3. The molecule has 0 unspecified atom stereocenters. The second-order valence-corrected chi connectivity index (χ2v) is 6.15. The monoisotopic (exact) mass is 335 g/mol. The standard InChI is InChI=1S/C19H21N5O/c1-13-8-9-15(18-12-24(23-22-18)11-14(2)20)10-17(13)19(25)21-16-6-4-3-5-7-16/h3-10,12,14H,11,20H2,1-2H3,(H,21,25)/t14-/m0/s1. The number of rotatable bonds is 5. The first-order valence-corrected chi connectivity index (χ1v) is 8.16. The number of carbonyl (C=O) groups excluding carboxylic acids is 1. The zero-order valence-corrected chi connectivity index (χ0v) is 14.3. The smallest absolute Gasteiger partial charge is 0.255 e. The molecular formula is C19H21N5O. The van der Waals surface area contributed by atoms with Crippen LogP contribution in [-0.4, -0.2) is 26.9 Å². The number of benzene rings is 2. The van der Waals surface area contributed by atoms with E-state index in [9.17, 15) is 4.79 Å². The van der Waals surface area contributed by atoms with Gasteiger partial charge in [0.05, 0.1) is 12.7 Å².